The molecule has 0 spiro atoms. The number of nitrogens with one attached hydrogen (secondary N) is 1. The first-order valence-corrected chi connectivity index (χ1v) is 10.3. The normalized spacial score (nSPS) is 12.4. The minimum atomic E-state index is -4.51. The van der Waals surface area contributed by atoms with Gasteiger partial charge in [-0.2, -0.15) is 23.4 Å². The molecule has 0 aliphatic heterocycles. The lowest BCUT2D eigenvalue weighted by Crippen LogP contribution is -2.18. The number of hydrogen-bond acceptors (Lipinski definition) is 7. The summed E-state index contributed by atoms with van der Waals surface area (Å²) in [6.07, 6.45) is -3.37. The summed E-state index contributed by atoms with van der Waals surface area (Å²) in [4.78, 5) is 27.5. The highest BCUT2D eigenvalue weighted by Gasteiger charge is 2.30. The number of nitrogens with zero attached hydrogens (tertiary/aromatic N) is 6. The fraction of sp³-hybridized carbons (Fsp3) is 0.381. The van der Waals surface area contributed by atoms with Crippen molar-refractivity contribution in [3.05, 3.63) is 65.0 Å². The van der Waals surface area contributed by atoms with Crippen molar-refractivity contribution in [3.63, 3.8) is 0 Å². The summed E-state index contributed by atoms with van der Waals surface area (Å²) in [5.74, 6) is -0.775. The summed E-state index contributed by atoms with van der Waals surface area (Å²) in [6.45, 7) is -0.0758. The zero-order valence-corrected chi connectivity index (χ0v) is 18.1. The van der Waals surface area contributed by atoms with Gasteiger partial charge in [-0.15, -0.1) is 5.10 Å². The SMILES string of the molecule is CNC(=O)c1cn(CC(F)CCc2ccc(CC(=O)Cc3cc(C(F)(F)F)ccn3)nn2)nn1. The van der Waals surface area contributed by atoms with Gasteiger partial charge in [-0.3, -0.25) is 14.6 Å². The van der Waals surface area contributed by atoms with E-state index in [0.717, 1.165) is 18.3 Å². The molecule has 3 heterocycles. The first-order valence-electron chi connectivity index (χ1n) is 10.3. The Labute approximate surface area is 191 Å². The first kappa shape index (κ1) is 24.9. The molecule has 34 heavy (non-hydrogen) atoms. The summed E-state index contributed by atoms with van der Waals surface area (Å²) in [5, 5.41) is 17.7. The van der Waals surface area contributed by atoms with Gasteiger partial charge in [-0.25, -0.2) is 9.07 Å². The minimum Gasteiger partial charge on any atom is -0.354 e. The molecular weight excluding hydrogens is 458 g/mol. The van der Waals surface area contributed by atoms with Crippen molar-refractivity contribution >= 4 is 11.7 Å². The highest BCUT2D eigenvalue weighted by Crippen LogP contribution is 2.29. The number of carbonyl (C=O) groups is 2. The van der Waals surface area contributed by atoms with Crippen molar-refractivity contribution in [1.29, 1.82) is 0 Å². The van der Waals surface area contributed by atoms with Crippen LogP contribution in [0.1, 0.15) is 39.6 Å². The number of carbonyl (C=O) groups excluding carboxylic acids is 2. The summed E-state index contributed by atoms with van der Waals surface area (Å²) >= 11 is 0. The average molecular weight is 479 g/mol. The fourth-order valence-electron chi connectivity index (χ4n) is 3.05. The van der Waals surface area contributed by atoms with Crippen LogP contribution in [0.4, 0.5) is 17.6 Å². The third kappa shape index (κ3) is 7.12. The zero-order chi connectivity index (χ0) is 24.7. The summed E-state index contributed by atoms with van der Waals surface area (Å²) in [5.41, 5.74) is 0.115. The molecule has 1 unspecified atom stereocenters. The number of ketones is 1. The Kier molecular flexibility index (Phi) is 7.97. The average Bonchev–Trinajstić information content (AvgIpc) is 3.26. The van der Waals surface area contributed by atoms with Crippen LogP contribution in [-0.4, -0.2) is 55.1 Å². The summed E-state index contributed by atoms with van der Waals surface area (Å²) < 4.78 is 53.9. The third-order valence-electron chi connectivity index (χ3n) is 4.77. The van der Waals surface area contributed by atoms with Crippen LogP contribution in [0.15, 0.2) is 36.7 Å². The largest absolute Gasteiger partial charge is 0.416 e. The lowest BCUT2D eigenvalue weighted by molar-refractivity contribution is -0.137. The third-order valence-corrected chi connectivity index (χ3v) is 4.77. The van der Waals surface area contributed by atoms with Crippen LogP contribution < -0.4 is 5.32 Å². The standard InChI is InChI=1S/C21H21F4N7O2/c1-26-20(34)19-12-32(31-30-19)11-14(22)2-3-15-4-5-16(29-28-15)9-18(33)10-17-8-13(6-7-27-17)21(23,24)25/h4-8,12,14H,2-3,9-11H2,1H3,(H,26,34). The summed E-state index contributed by atoms with van der Waals surface area (Å²) in [6, 6.07) is 4.87. The molecule has 180 valence electrons. The van der Waals surface area contributed by atoms with Crippen molar-refractivity contribution in [1.82, 2.24) is 35.5 Å². The molecule has 0 saturated heterocycles. The van der Waals surface area contributed by atoms with E-state index >= 15 is 0 Å². The molecule has 3 aromatic heterocycles. The molecule has 0 aliphatic rings. The lowest BCUT2D eigenvalue weighted by Gasteiger charge is -2.08. The Balaban J connectivity index is 1.47. The number of pyridine rings is 1. The van der Waals surface area contributed by atoms with Gasteiger partial charge >= 0.3 is 6.18 Å². The second kappa shape index (κ2) is 10.9. The molecule has 9 nitrogen and oxygen atoms in total. The molecule has 0 bridgehead atoms. The number of rotatable bonds is 10. The first-order chi connectivity index (χ1) is 16.1. The Bertz CT molecular complexity index is 1130. The van der Waals surface area contributed by atoms with Crippen molar-refractivity contribution in [2.45, 2.75) is 44.6 Å². The molecule has 1 amide bonds. The number of aryl methyl sites for hydroxylation is 1. The highest BCUT2D eigenvalue weighted by molar-refractivity contribution is 5.91. The van der Waals surface area contributed by atoms with Crippen LogP contribution >= 0.6 is 0 Å². The predicted octanol–water partition coefficient (Wildman–Crippen LogP) is 2.17. The number of amides is 1. The fourth-order valence-corrected chi connectivity index (χ4v) is 3.05. The van der Waals surface area contributed by atoms with Gasteiger partial charge in [-0.1, -0.05) is 5.21 Å². The van der Waals surface area contributed by atoms with Crippen LogP contribution in [0.3, 0.4) is 0 Å². The van der Waals surface area contributed by atoms with E-state index in [2.05, 4.69) is 30.8 Å². The van der Waals surface area contributed by atoms with Gasteiger partial charge in [0, 0.05) is 25.4 Å². The molecular formula is C21H21F4N7O2. The maximum atomic E-state index is 14.3. The number of hydrogen-bond donors (Lipinski definition) is 1. The molecule has 1 atom stereocenters. The van der Waals surface area contributed by atoms with E-state index < -0.39 is 23.8 Å². The number of aromatic nitrogens is 6. The second-order valence-electron chi connectivity index (χ2n) is 7.48. The monoisotopic (exact) mass is 479 g/mol. The molecule has 3 rings (SSSR count). The van der Waals surface area contributed by atoms with Gasteiger partial charge in [0.25, 0.3) is 5.91 Å². The molecule has 0 aromatic carbocycles. The van der Waals surface area contributed by atoms with Gasteiger partial charge in [0.2, 0.25) is 0 Å². The van der Waals surface area contributed by atoms with Crippen LogP contribution in [-0.2, 0) is 36.8 Å². The van der Waals surface area contributed by atoms with Gasteiger partial charge in [0.15, 0.2) is 5.69 Å². The van der Waals surface area contributed by atoms with E-state index in [0.29, 0.717) is 11.4 Å². The van der Waals surface area contributed by atoms with Crippen molar-refractivity contribution in [2.75, 3.05) is 7.05 Å². The molecule has 13 heteroatoms. The molecule has 3 aromatic rings. The molecule has 0 fully saturated rings. The molecule has 0 radical (unpaired) electrons. The number of halogens is 4. The molecule has 0 aliphatic carbocycles. The van der Waals surface area contributed by atoms with E-state index in [1.165, 1.54) is 17.9 Å². The topological polar surface area (TPSA) is 116 Å². The van der Waals surface area contributed by atoms with E-state index in [-0.39, 0.29) is 49.4 Å². The Morgan fingerprint density at radius 2 is 1.76 bits per heavy atom. The maximum absolute atomic E-state index is 14.3. The number of Topliss-reactive ketones (excluding diaryl/α,β-unsaturated/α-hetero) is 1. The van der Waals surface area contributed by atoms with Gasteiger partial charge in [0.1, 0.15) is 12.0 Å². The van der Waals surface area contributed by atoms with Gasteiger partial charge in [0.05, 0.1) is 36.1 Å². The highest BCUT2D eigenvalue weighted by atomic mass is 19.4. The van der Waals surface area contributed by atoms with Gasteiger partial charge in [-0.05, 0) is 37.1 Å². The Morgan fingerprint density at radius 3 is 2.44 bits per heavy atom. The maximum Gasteiger partial charge on any atom is 0.416 e. The van der Waals surface area contributed by atoms with Gasteiger partial charge < -0.3 is 5.32 Å². The van der Waals surface area contributed by atoms with E-state index in [1.54, 1.807) is 12.1 Å². The van der Waals surface area contributed by atoms with E-state index in [1.807, 2.05) is 0 Å². The zero-order valence-electron chi connectivity index (χ0n) is 18.1. The van der Waals surface area contributed by atoms with E-state index in [4.69, 9.17) is 0 Å². The summed E-state index contributed by atoms with van der Waals surface area (Å²) in [7, 11) is 1.45. The number of alkyl halides is 4. The Morgan fingerprint density at radius 1 is 1.06 bits per heavy atom. The molecule has 1 N–H and O–H groups in total. The lowest BCUT2D eigenvalue weighted by atomic mass is 10.1. The van der Waals surface area contributed by atoms with Crippen LogP contribution in [0.2, 0.25) is 0 Å². The van der Waals surface area contributed by atoms with Crippen molar-refractivity contribution in [3.8, 4) is 0 Å². The second-order valence-corrected chi connectivity index (χ2v) is 7.48. The minimum absolute atomic E-state index is 0.0215. The predicted molar refractivity (Wildman–Crippen MR) is 110 cm³/mol. The Hall–Kier alpha value is -3.77. The molecule has 0 saturated carbocycles. The van der Waals surface area contributed by atoms with Crippen LogP contribution in [0.25, 0.3) is 0 Å². The van der Waals surface area contributed by atoms with E-state index in [9.17, 15) is 27.2 Å². The smallest absolute Gasteiger partial charge is 0.354 e. The van der Waals surface area contributed by atoms with Crippen molar-refractivity contribution in [2.24, 2.45) is 0 Å². The van der Waals surface area contributed by atoms with Crippen LogP contribution in [0, 0.1) is 0 Å². The van der Waals surface area contributed by atoms with Crippen molar-refractivity contribution < 1.29 is 27.2 Å². The quantitative estimate of drug-likeness (QED) is 0.443. The van der Waals surface area contributed by atoms with Crippen LogP contribution in [0.5, 0.6) is 0 Å².